The van der Waals surface area contributed by atoms with Crippen LogP contribution in [0.3, 0.4) is 0 Å². The van der Waals surface area contributed by atoms with Gasteiger partial charge in [0.05, 0.1) is 27.9 Å². The average Bonchev–Trinajstić information content (AvgIpc) is 3.28. The van der Waals surface area contributed by atoms with E-state index in [-0.39, 0.29) is 50.8 Å². The summed E-state index contributed by atoms with van der Waals surface area (Å²) in [5.41, 5.74) is 5.56. The molecule has 13 heteroatoms. The Morgan fingerprint density at radius 1 is 1.15 bits per heavy atom. The molecule has 0 radical (unpaired) electrons. The lowest BCUT2D eigenvalue weighted by Crippen LogP contribution is -2.35. The fourth-order valence-electron chi connectivity index (χ4n) is 4.71. The lowest BCUT2D eigenvalue weighted by molar-refractivity contribution is -0.137. The Kier molecular flexibility index (Phi) is 6.77. The van der Waals surface area contributed by atoms with Gasteiger partial charge in [0.25, 0.3) is 10.0 Å². The molecule has 4 aromatic rings. The lowest BCUT2D eigenvalue weighted by atomic mass is 9.92. The maximum Gasteiger partial charge on any atom is 0.417 e. The first-order valence-electron chi connectivity index (χ1n) is 12.2. The van der Waals surface area contributed by atoms with Gasteiger partial charge in [-0.2, -0.15) is 18.4 Å². The summed E-state index contributed by atoms with van der Waals surface area (Å²) >= 11 is 0. The summed E-state index contributed by atoms with van der Waals surface area (Å²) in [4.78, 5) is 12.5. The number of alkyl halides is 3. The minimum atomic E-state index is -4.73. The third-order valence-electron chi connectivity index (χ3n) is 6.73. The topological polar surface area (TPSA) is 140 Å². The van der Waals surface area contributed by atoms with E-state index < -0.39 is 21.8 Å². The smallest absolute Gasteiger partial charge is 0.351 e. The zero-order valence-corrected chi connectivity index (χ0v) is 21.6. The molecule has 1 fully saturated rings. The van der Waals surface area contributed by atoms with Gasteiger partial charge in [0.2, 0.25) is 5.95 Å². The Morgan fingerprint density at radius 3 is 2.56 bits per heavy atom. The number of aryl methyl sites for hydroxylation is 1. The predicted octanol–water partition coefficient (Wildman–Crippen LogP) is 4.61. The molecule has 202 valence electrons. The third-order valence-corrected chi connectivity index (χ3v) is 8.39. The van der Waals surface area contributed by atoms with Gasteiger partial charge in [0.15, 0.2) is 5.65 Å². The van der Waals surface area contributed by atoms with Crippen molar-refractivity contribution < 1.29 is 21.6 Å². The van der Waals surface area contributed by atoms with Crippen LogP contribution in [0.15, 0.2) is 53.8 Å². The number of hydrogen-bond donors (Lipinski definition) is 2. The van der Waals surface area contributed by atoms with Gasteiger partial charge in [-0.3, -0.25) is 0 Å². The van der Waals surface area contributed by atoms with Gasteiger partial charge < -0.3 is 11.1 Å². The summed E-state index contributed by atoms with van der Waals surface area (Å²) in [7, 11) is -4.26. The van der Waals surface area contributed by atoms with Crippen molar-refractivity contribution in [2.75, 3.05) is 5.32 Å². The molecule has 3 heterocycles. The van der Waals surface area contributed by atoms with Crippen molar-refractivity contribution in [3.05, 3.63) is 65.6 Å². The van der Waals surface area contributed by atoms with E-state index in [9.17, 15) is 26.9 Å². The molecule has 0 spiro atoms. The molecule has 1 aromatic carbocycles. The normalized spacial score (nSPS) is 18.2. The van der Waals surface area contributed by atoms with Crippen molar-refractivity contribution in [3.8, 4) is 17.3 Å². The number of halogens is 3. The minimum Gasteiger partial charge on any atom is -0.351 e. The maximum atomic E-state index is 13.6. The van der Waals surface area contributed by atoms with E-state index in [0.717, 1.165) is 41.1 Å². The zero-order valence-electron chi connectivity index (χ0n) is 20.8. The largest absolute Gasteiger partial charge is 0.417 e. The molecule has 0 saturated heterocycles. The number of benzene rings is 1. The van der Waals surface area contributed by atoms with Gasteiger partial charge in [-0.1, -0.05) is 17.7 Å². The second-order valence-electron chi connectivity index (χ2n) is 9.59. The van der Waals surface area contributed by atoms with E-state index in [2.05, 4.69) is 20.3 Å². The molecule has 1 saturated carbocycles. The van der Waals surface area contributed by atoms with E-state index >= 15 is 0 Å². The van der Waals surface area contributed by atoms with Gasteiger partial charge in [-0.15, -0.1) is 0 Å². The van der Waals surface area contributed by atoms with Gasteiger partial charge in [-0.25, -0.2) is 27.3 Å². The van der Waals surface area contributed by atoms with E-state index in [1.165, 1.54) is 18.3 Å². The van der Waals surface area contributed by atoms with Crippen LogP contribution < -0.4 is 11.1 Å². The van der Waals surface area contributed by atoms with Crippen LogP contribution >= 0.6 is 0 Å². The predicted molar refractivity (Wildman–Crippen MR) is 138 cm³/mol. The molecule has 3 aromatic heterocycles. The van der Waals surface area contributed by atoms with Crippen molar-refractivity contribution in [2.24, 2.45) is 5.73 Å². The van der Waals surface area contributed by atoms with Crippen molar-refractivity contribution in [1.82, 2.24) is 18.9 Å². The van der Waals surface area contributed by atoms with Gasteiger partial charge in [-0.05, 0) is 50.8 Å². The molecule has 5 rings (SSSR count). The van der Waals surface area contributed by atoms with Crippen LogP contribution in [0.25, 0.3) is 22.3 Å². The standard InChI is InChI=1S/C26H24F3N7O2S/c1-15-5-7-20(8-6-15)39(37,38)36-14-22(21-9-17(26(27,28)29)13-32-24(21)36)23-16(11-30)12-33-25(35-23)34-19-4-2-3-18(31)10-19/h5-9,12-14,18-19H,2-4,10,31H2,1H3,(H,33,34,35)/t18-,19+/m0/s1. The van der Waals surface area contributed by atoms with Crippen LogP contribution in [0.1, 0.15) is 42.4 Å². The molecule has 2 atom stereocenters. The highest BCUT2D eigenvalue weighted by Gasteiger charge is 2.33. The van der Waals surface area contributed by atoms with Gasteiger partial charge >= 0.3 is 6.18 Å². The molecular formula is C26H24F3N7O2S. The van der Waals surface area contributed by atoms with Crippen molar-refractivity contribution in [1.29, 1.82) is 5.26 Å². The molecule has 1 aliphatic rings. The Balaban J connectivity index is 1.70. The van der Waals surface area contributed by atoms with Crippen molar-refractivity contribution in [3.63, 3.8) is 0 Å². The van der Waals surface area contributed by atoms with Crippen LogP contribution in [0.4, 0.5) is 19.1 Å². The van der Waals surface area contributed by atoms with Crippen molar-refractivity contribution >= 4 is 27.0 Å². The molecule has 3 N–H and O–H groups in total. The molecular weight excluding hydrogens is 531 g/mol. The number of pyridine rings is 1. The summed E-state index contributed by atoms with van der Waals surface area (Å²) in [6, 6.07) is 8.81. The van der Waals surface area contributed by atoms with Gasteiger partial charge in [0.1, 0.15) is 6.07 Å². The summed E-state index contributed by atoms with van der Waals surface area (Å²) < 4.78 is 68.9. The van der Waals surface area contributed by atoms with Crippen LogP contribution in [-0.2, 0) is 16.2 Å². The zero-order chi connectivity index (χ0) is 27.9. The molecule has 0 unspecified atom stereocenters. The van der Waals surface area contributed by atoms with Crippen molar-refractivity contribution in [2.45, 2.75) is 55.8 Å². The number of aromatic nitrogens is 4. The highest BCUT2D eigenvalue weighted by molar-refractivity contribution is 7.90. The summed E-state index contributed by atoms with van der Waals surface area (Å²) in [5.74, 6) is 0.158. The Labute approximate surface area is 222 Å². The first-order chi connectivity index (χ1) is 18.5. The number of nitriles is 1. The van der Waals surface area contributed by atoms with Crippen LogP contribution in [0.5, 0.6) is 0 Å². The summed E-state index contributed by atoms with van der Waals surface area (Å²) in [5, 5.41) is 12.8. The van der Waals surface area contributed by atoms with Crippen LogP contribution in [0, 0.1) is 18.3 Å². The number of nitrogens with one attached hydrogen (secondary N) is 1. The monoisotopic (exact) mass is 555 g/mol. The highest BCUT2D eigenvalue weighted by atomic mass is 32.2. The van der Waals surface area contributed by atoms with Crippen LogP contribution in [0.2, 0.25) is 0 Å². The minimum absolute atomic E-state index is 0.00151. The van der Waals surface area contributed by atoms with E-state index in [1.54, 1.807) is 19.1 Å². The summed E-state index contributed by atoms with van der Waals surface area (Å²) in [6.07, 6.45) is 1.59. The number of rotatable bonds is 5. The highest BCUT2D eigenvalue weighted by Crippen LogP contribution is 2.37. The fourth-order valence-corrected chi connectivity index (χ4v) is 6.03. The average molecular weight is 556 g/mol. The molecule has 39 heavy (non-hydrogen) atoms. The molecule has 0 bridgehead atoms. The summed E-state index contributed by atoms with van der Waals surface area (Å²) in [6.45, 7) is 1.80. The second kappa shape index (κ2) is 9.94. The number of anilines is 1. The molecule has 1 aliphatic carbocycles. The number of nitrogens with zero attached hydrogens (tertiary/aromatic N) is 5. The lowest BCUT2D eigenvalue weighted by Gasteiger charge is -2.27. The Bertz CT molecular complexity index is 1690. The first-order valence-corrected chi connectivity index (χ1v) is 13.6. The molecule has 9 nitrogen and oxygen atoms in total. The molecule has 0 aliphatic heterocycles. The Morgan fingerprint density at radius 2 is 1.90 bits per heavy atom. The SMILES string of the molecule is Cc1ccc(S(=O)(=O)n2cc(-c3nc(N[C@@H]4CCC[C@H](N)C4)ncc3C#N)c3cc(C(F)(F)F)cnc32)cc1. The molecule has 0 amide bonds. The fraction of sp³-hybridized carbons (Fsp3) is 0.308. The van der Waals surface area contributed by atoms with E-state index in [1.807, 2.05) is 6.07 Å². The number of fused-ring (bicyclic) bond motifs is 1. The van der Waals surface area contributed by atoms with E-state index in [4.69, 9.17) is 5.73 Å². The number of hydrogen-bond acceptors (Lipinski definition) is 8. The second-order valence-corrected chi connectivity index (χ2v) is 11.4. The Hall–Kier alpha value is -4.02. The first kappa shape index (κ1) is 26.6. The third kappa shape index (κ3) is 5.17. The van der Waals surface area contributed by atoms with Gasteiger partial charge in [0, 0.05) is 35.4 Å². The quantitative estimate of drug-likeness (QED) is 0.364. The number of nitrogens with two attached hydrogens (primary N) is 1. The van der Waals surface area contributed by atoms with Crippen LogP contribution in [-0.4, -0.2) is 39.4 Å². The van der Waals surface area contributed by atoms with E-state index in [0.29, 0.717) is 12.6 Å². The maximum absolute atomic E-state index is 13.6.